The van der Waals surface area contributed by atoms with Crippen LogP contribution < -0.4 is 10.0 Å². The number of nitrogens with one attached hydrogen (secondary N) is 2. The van der Waals surface area contributed by atoms with Crippen LogP contribution in [-0.2, 0) is 10.0 Å². The van der Waals surface area contributed by atoms with Crippen LogP contribution in [0.1, 0.15) is 15.9 Å². The minimum absolute atomic E-state index is 0.184. The van der Waals surface area contributed by atoms with Crippen molar-refractivity contribution in [2.45, 2.75) is 18.0 Å². The molecule has 0 bridgehead atoms. The van der Waals surface area contributed by atoms with Gasteiger partial charge in [0, 0.05) is 11.3 Å². The van der Waals surface area contributed by atoms with Gasteiger partial charge in [-0.3, -0.25) is 9.52 Å². The van der Waals surface area contributed by atoms with E-state index in [9.17, 15) is 26.4 Å². The molecule has 0 aliphatic carbocycles. The average molecular weight is 372 g/mol. The van der Waals surface area contributed by atoms with E-state index >= 15 is 0 Å². The summed E-state index contributed by atoms with van der Waals surface area (Å²) in [6.45, 7) is 0.299. The lowest BCUT2D eigenvalue weighted by Gasteiger charge is -2.11. The van der Waals surface area contributed by atoms with Crippen LogP contribution in [0.25, 0.3) is 0 Å². The van der Waals surface area contributed by atoms with Gasteiger partial charge in [-0.1, -0.05) is 18.2 Å². The van der Waals surface area contributed by atoms with Crippen molar-refractivity contribution in [3.8, 4) is 0 Å². The summed E-state index contributed by atoms with van der Waals surface area (Å²) in [4.78, 5) is 11.5. The Morgan fingerprint density at radius 1 is 1.08 bits per heavy atom. The maximum absolute atomic E-state index is 12.4. The third kappa shape index (κ3) is 5.49. The predicted molar refractivity (Wildman–Crippen MR) is 86.8 cm³/mol. The zero-order chi connectivity index (χ0) is 18.7. The van der Waals surface area contributed by atoms with Crippen LogP contribution in [0.4, 0.5) is 18.9 Å². The standard InChI is InChI=1S/C16H15F3N2O3S/c1-11-4-2-6-13(8-11)21-25(23,24)14-7-3-5-12(9-14)15(22)20-10-16(17,18)19/h2-9,21H,10H2,1H3,(H,20,22). The van der Waals surface area contributed by atoms with E-state index < -0.39 is 28.7 Å². The SMILES string of the molecule is Cc1cccc(NS(=O)(=O)c2cccc(C(=O)NCC(F)(F)F)c2)c1. The number of carbonyl (C=O) groups excluding carboxylic acids is 1. The molecule has 0 unspecified atom stereocenters. The highest BCUT2D eigenvalue weighted by Crippen LogP contribution is 2.18. The number of halogens is 3. The molecule has 9 heteroatoms. The number of aryl methyl sites for hydroxylation is 1. The highest BCUT2D eigenvalue weighted by Gasteiger charge is 2.28. The third-order valence-electron chi connectivity index (χ3n) is 3.13. The minimum Gasteiger partial charge on any atom is -0.343 e. The van der Waals surface area contributed by atoms with Gasteiger partial charge in [-0.25, -0.2) is 8.42 Å². The molecule has 0 fully saturated rings. The van der Waals surface area contributed by atoms with Gasteiger partial charge in [-0.15, -0.1) is 0 Å². The van der Waals surface area contributed by atoms with Gasteiger partial charge < -0.3 is 5.32 Å². The van der Waals surface area contributed by atoms with Crippen molar-refractivity contribution in [2.75, 3.05) is 11.3 Å². The molecule has 5 nitrogen and oxygen atoms in total. The Hall–Kier alpha value is -2.55. The quantitative estimate of drug-likeness (QED) is 0.847. The van der Waals surface area contributed by atoms with Crippen LogP contribution in [0.5, 0.6) is 0 Å². The fraction of sp³-hybridized carbons (Fsp3) is 0.188. The molecule has 0 aliphatic heterocycles. The van der Waals surface area contributed by atoms with Gasteiger partial charge in [-0.2, -0.15) is 13.2 Å². The molecule has 0 atom stereocenters. The number of carbonyl (C=O) groups is 1. The smallest absolute Gasteiger partial charge is 0.343 e. The fourth-order valence-electron chi connectivity index (χ4n) is 2.01. The van der Waals surface area contributed by atoms with Crippen molar-refractivity contribution in [2.24, 2.45) is 0 Å². The van der Waals surface area contributed by atoms with Crippen LogP contribution in [0.2, 0.25) is 0 Å². The van der Waals surface area contributed by atoms with Gasteiger partial charge in [0.1, 0.15) is 6.54 Å². The van der Waals surface area contributed by atoms with Crippen molar-refractivity contribution in [1.29, 1.82) is 0 Å². The van der Waals surface area contributed by atoms with Crippen LogP contribution in [-0.4, -0.2) is 27.0 Å². The van der Waals surface area contributed by atoms with Gasteiger partial charge >= 0.3 is 6.18 Å². The van der Waals surface area contributed by atoms with Crippen molar-refractivity contribution in [1.82, 2.24) is 5.32 Å². The van der Waals surface area contributed by atoms with E-state index in [0.29, 0.717) is 5.69 Å². The van der Waals surface area contributed by atoms with Crippen LogP contribution in [0.15, 0.2) is 53.4 Å². The van der Waals surface area contributed by atoms with Gasteiger partial charge in [-0.05, 0) is 42.8 Å². The molecular weight excluding hydrogens is 357 g/mol. The van der Waals surface area contributed by atoms with Crippen LogP contribution in [0.3, 0.4) is 0 Å². The molecule has 0 radical (unpaired) electrons. The first kappa shape index (κ1) is 18.8. The molecule has 0 spiro atoms. The highest BCUT2D eigenvalue weighted by molar-refractivity contribution is 7.92. The molecular formula is C16H15F3N2O3S. The van der Waals surface area contributed by atoms with Gasteiger partial charge in [0.15, 0.2) is 0 Å². The minimum atomic E-state index is -4.55. The Morgan fingerprint density at radius 2 is 1.76 bits per heavy atom. The largest absolute Gasteiger partial charge is 0.405 e. The molecule has 134 valence electrons. The monoisotopic (exact) mass is 372 g/mol. The van der Waals surface area contributed by atoms with Crippen molar-refractivity contribution < 1.29 is 26.4 Å². The number of hydrogen-bond acceptors (Lipinski definition) is 3. The van der Waals surface area contributed by atoms with Crippen molar-refractivity contribution >= 4 is 21.6 Å². The van der Waals surface area contributed by atoms with Crippen molar-refractivity contribution in [3.05, 3.63) is 59.7 Å². The number of amides is 1. The lowest BCUT2D eigenvalue weighted by Crippen LogP contribution is -2.33. The number of benzene rings is 2. The summed E-state index contributed by atoms with van der Waals surface area (Å²) >= 11 is 0. The van der Waals surface area contributed by atoms with E-state index in [1.807, 2.05) is 0 Å². The molecule has 0 saturated carbocycles. The number of anilines is 1. The van der Waals surface area contributed by atoms with E-state index in [1.165, 1.54) is 18.2 Å². The van der Waals surface area contributed by atoms with Crippen LogP contribution >= 0.6 is 0 Å². The number of hydrogen-bond donors (Lipinski definition) is 2. The maximum Gasteiger partial charge on any atom is 0.405 e. The average Bonchev–Trinajstić information content (AvgIpc) is 2.51. The molecule has 2 aromatic rings. The number of alkyl halides is 3. The Kier molecular flexibility index (Phi) is 5.36. The Morgan fingerprint density at radius 3 is 2.40 bits per heavy atom. The maximum atomic E-state index is 12.4. The first-order valence-corrected chi connectivity index (χ1v) is 8.60. The summed E-state index contributed by atoms with van der Waals surface area (Å²) in [6, 6.07) is 11.4. The van der Waals surface area contributed by atoms with E-state index in [-0.39, 0.29) is 10.5 Å². The van der Waals surface area contributed by atoms with Crippen molar-refractivity contribution in [3.63, 3.8) is 0 Å². The molecule has 2 aromatic carbocycles. The summed E-state index contributed by atoms with van der Waals surface area (Å²) in [6.07, 6.45) is -4.55. The number of sulfonamides is 1. The van der Waals surface area contributed by atoms with E-state index in [4.69, 9.17) is 0 Å². The Labute approximate surface area is 142 Å². The second kappa shape index (κ2) is 7.14. The zero-order valence-corrected chi connectivity index (χ0v) is 13.9. The fourth-order valence-corrected chi connectivity index (χ4v) is 3.10. The van der Waals surface area contributed by atoms with E-state index in [2.05, 4.69) is 4.72 Å². The van der Waals surface area contributed by atoms with E-state index in [1.54, 1.807) is 36.5 Å². The molecule has 1 amide bonds. The first-order valence-electron chi connectivity index (χ1n) is 7.11. The lowest BCUT2D eigenvalue weighted by molar-refractivity contribution is -0.123. The molecule has 0 aromatic heterocycles. The van der Waals surface area contributed by atoms with Gasteiger partial charge in [0.05, 0.1) is 4.90 Å². The summed E-state index contributed by atoms with van der Waals surface area (Å²) in [5.74, 6) is -1.01. The Balaban J connectivity index is 2.20. The zero-order valence-electron chi connectivity index (χ0n) is 13.1. The molecule has 2 N–H and O–H groups in total. The number of rotatable bonds is 5. The normalized spacial score (nSPS) is 11.8. The highest BCUT2D eigenvalue weighted by atomic mass is 32.2. The molecule has 0 saturated heterocycles. The second-order valence-corrected chi connectivity index (χ2v) is 6.98. The second-order valence-electron chi connectivity index (χ2n) is 5.30. The summed E-state index contributed by atoms with van der Waals surface area (Å²) in [7, 11) is -3.98. The topological polar surface area (TPSA) is 75.3 Å². The van der Waals surface area contributed by atoms with E-state index in [0.717, 1.165) is 11.6 Å². The van der Waals surface area contributed by atoms with Gasteiger partial charge in [0.25, 0.3) is 15.9 Å². The molecule has 2 rings (SSSR count). The molecule has 0 heterocycles. The van der Waals surface area contributed by atoms with Crippen LogP contribution in [0, 0.1) is 6.92 Å². The predicted octanol–water partition coefficient (Wildman–Crippen LogP) is 3.09. The Bertz CT molecular complexity index is 880. The summed E-state index contributed by atoms with van der Waals surface area (Å²) < 4.78 is 63.6. The summed E-state index contributed by atoms with van der Waals surface area (Å²) in [5.41, 5.74) is 1.00. The summed E-state index contributed by atoms with van der Waals surface area (Å²) in [5, 5.41) is 1.70. The molecule has 25 heavy (non-hydrogen) atoms. The first-order chi connectivity index (χ1) is 11.6. The molecule has 0 aliphatic rings. The lowest BCUT2D eigenvalue weighted by atomic mass is 10.2. The van der Waals surface area contributed by atoms with Gasteiger partial charge in [0.2, 0.25) is 0 Å². The third-order valence-corrected chi connectivity index (χ3v) is 4.51.